The molecule has 0 fully saturated rings. The summed E-state index contributed by atoms with van der Waals surface area (Å²) in [5.74, 6) is -6.47. The maximum Gasteiger partial charge on any atom is 0.332 e. The first-order valence-electron chi connectivity index (χ1n) is 7.30. The third-order valence-electron chi connectivity index (χ3n) is 4.30. The van der Waals surface area contributed by atoms with Crippen LogP contribution >= 0.6 is 0 Å². The lowest BCUT2D eigenvalue weighted by atomic mass is 9.71. The first-order chi connectivity index (χ1) is 12.3. The van der Waals surface area contributed by atoms with Gasteiger partial charge in [0.2, 0.25) is 18.2 Å². The van der Waals surface area contributed by atoms with Gasteiger partial charge in [0.05, 0.1) is 0 Å². The van der Waals surface area contributed by atoms with E-state index >= 15 is 0 Å². The minimum absolute atomic E-state index is 0.733. The van der Waals surface area contributed by atoms with Gasteiger partial charge in [0.1, 0.15) is 0 Å². The van der Waals surface area contributed by atoms with E-state index in [0.717, 1.165) is 39.0 Å². The van der Waals surface area contributed by atoms with Crippen molar-refractivity contribution in [1.29, 1.82) is 0 Å². The summed E-state index contributed by atoms with van der Waals surface area (Å²) in [7, 11) is 0. The van der Waals surface area contributed by atoms with Crippen LogP contribution in [0.25, 0.3) is 0 Å². The maximum absolute atomic E-state index is 11.7. The summed E-state index contributed by atoms with van der Waals surface area (Å²) in [6.07, 6.45) is 1.69. The first-order valence-corrected chi connectivity index (χ1v) is 7.30. The number of aliphatic imine (C=N–C) groups is 3. The van der Waals surface area contributed by atoms with Crippen molar-refractivity contribution in [3.05, 3.63) is 0 Å². The molecule has 0 aliphatic carbocycles. The van der Waals surface area contributed by atoms with E-state index in [0.29, 0.717) is 0 Å². The van der Waals surface area contributed by atoms with E-state index in [1.54, 1.807) is 0 Å². The van der Waals surface area contributed by atoms with Gasteiger partial charge in [-0.15, -0.1) is 0 Å². The summed E-state index contributed by atoms with van der Waals surface area (Å²) in [4.78, 5) is 76.1. The third-order valence-corrected chi connectivity index (χ3v) is 4.30. The normalized spacial score (nSPS) is 17.9. The molecule has 0 bridgehead atoms. The molecule has 0 spiro atoms. The average molecular weight is 383 g/mol. The van der Waals surface area contributed by atoms with E-state index in [1.165, 1.54) is 0 Å². The van der Waals surface area contributed by atoms with Crippen LogP contribution in [0.15, 0.2) is 15.0 Å². The van der Waals surface area contributed by atoms with E-state index in [-0.39, 0.29) is 0 Å². The van der Waals surface area contributed by atoms with Gasteiger partial charge >= 0.3 is 17.9 Å². The quantitative estimate of drug-likeness (QED) is 0.322. The third kappa shape index (κ3) is 5.26. The van der Waals surface area contributed by atoms with Crippen LogP contribution in [0, 0.1) is 5.92 Å². The van der Waals surface area contributed by atoms with Crippen molar-refractivity contribution in [2.75, 3.05) is 0 Å². The van der Waals surface area contributed by atoms with Crippen molar-refractivity contribution in [1.82, 2.24) is 0 Å². The molecule has 0 unspecified atom stereocenters. The number of carboxylic acid groups (broad SMARTS) is 3. The summed E-state index contributed by atoms with van der Waals surface area (Å²) >= 11 is 0. The zero-order valence-electron chi connectivity index (χ0n) is 14.6. The Bertz CT molecular complexity index is 721. The van der Waals surface area contributed by atoms with E-state index in [9.17, 15) is 44.1 Å². The van der Waals surface area contributed by atoms with Gasteiger partial charge in [-0.05, 0) is 33.6 Å². The molecule has 0 amide bonds. The lowest BCUT2D eigenvalue weighted by molar-refractivity contribution is -0.150. The van der Waals surface area contributed by atoms with Gasteiger partial charge in [-0.2, -0.15) is 15.0 Å². The molecule has 12 nitrogen and oxygen atoms in total. The van der Waals surface area contributed by atoms with Crippen LogP contribution in [0.1, 0.15) is 33.6 Å². The standard InChI is InChI=1S/C15H17N3O9/c1-13(10(22)23,16-6-19)4-9(15(3,12(26)27)18-8-21)5-14(2,11(24)25)17-7-20/h9H,4-5H2,1-3H3,(H,22,23)(H,24,25)(H,26,27)/t13-,14-,15-/m0/s1. The molecule has 0 heterocycles. The van der Waals surface area contributed by atoms with Gasteiger partial charge in [-0.3, -0.25) is 0 Å². The minimum Gasteiger partial charge on any atom is -0.479 e. The molecule has 3 atom stereocenters. The predicted octanol–water partition coefficient (Wildman–Crippen LogP) is -0.0799. The van der Waals surface area contributed by atoms with Crippen LogP contribution in [0.2, 0.25) is 0 Å². The molecule has 0 aromatic rings. The Hall–Kier alpha value is -3.45. The molecule has 0 saturated carbocycles. The highest BCUT2D eigenvalue weighted by atomic mass is 16.4. The number of hydrogen-bond acceptors (Lipinski definition) is 9. The molecule has 0 aliphatic heterocycles. The summed E-state index contributed by atoms with van der Waals surface area (Å²) in [5, 5.41) is 28.1. The maximum atomic E-state index is 11.7. The zero-order chi connectivity index (χ0) is 21.5. The molecule has 146 valence electrons. The van der Waals surface area contributed by atoms with Gasteiger partial charge < -0.3 is 15.3 Å². The highest BCUT2D eigenvalue weighted by Gasteiger charge is 2.51. The second-order valence-electron chi connectivity index (χ2n) is 6.33. The number of isocyanates is 3. The Morgan fingerprint density at radius 3 is 1.30 bits per heavy atom. The van der Waals surface area contributed by atoms with Crippen molar-refractivity contribution < 1.29 is 44.1 Å². The van der Waals surface area contributed by atoms with E-state index in [1.807, 2.05) is 0 Å². The highest BCUT2D eigenvalue weighted by molar-refractivity contribution is 5.83. The highest BCUT2D eigenvalue weighted by Crippen LogP contribution is 2.38. The molecular weight excluding hydrogens is 366 g/mol. The average Bonchev–Trinajstić information content (AvgIpc) is 2.54. The van der Waals surface area contributed by atoms with Crippen molar-refractivity contribution in [2.24, 2.45) is 20.9 Å². The van der Waals surface area contributed by atoms with Crippen LogP contribution < -0.4 is 0 Å². The van der Waals surface area contributed by atoms with Gasteiger partial charge in [0.25, 0.3) is 0 Å². The van der Waals surface area contributed by atoms with Gasteiger partial charge in [0, 0.05) is 5.92 Å². The topological polar surface area (TPSA) is 200 Å². The van der Waals surface area contributed by atoms with Crippen molar-refractivity contribution >= 4 is 36.1 Å². The molecule has 0 rings (SSSR count). The number of hydrogen-bond donors (Lipinski definition) is 3. The number of carboxylic acids is 3. The monoisotopic (exact) mass is 383 g/mol. The minimum atomic E-state index is -2.34. The van der Waals surface area contributed by atoms with Crippen LogP contribution in [0.3, 0.4) is 0 Å². The molecular formula is C15H17N3O9. The van der Waals surface area contributed by atoms with Gasteiger partial charge in [0.15, 0.2) is 16.6 Å². The SMILES string of the molecule is C[C@@](CC(C[C@](C)(N=C=O)C(=O)O)[C@](C)(N=C=O)C(=O)O)(N=C=O)C(=O)O. The molecule has 0 aromatic heterocycles. The molecule has 0 aromatic carbocycles. The second kappa shape index (κ2) is 8.77. The number of aliphatic carboxylic acids is 3. The summed E-state index contributed by atoms with van der Waals surface area (Å²) in [5.41, 5.74) is -6.75. The fourth-order valence-electron chi connectivity index (χ4n) is 2.40. The lowest BCUT2D eigenvalue weighted by Gasteiger charge is -2.36. The van der Waals surface area contributed by atoms with Crippen LogP contribution in [-0.4, -0.2) is 68.1 Å². The smallest absolute Gasteiger partial charge is 0.332 e. The summed E-state index contributed by atoms with van der Waals surface area (Å²) in [6.45, 7) is 2.88. The first kappa shape index (κ1) is 23.5. The molecule has 12 heteroatoms. The van der Waals surface area contributed by atoms with E-state index in [4.69, 9.17) is 0 Å². The molecule has 3 N–H and O–H groups in total. The fourth-order valence-corrected chi connectivity index (χ4v) is 2.40. The van der Waals surface area contributed by atoms with Crippen LogP contribution in [0.5, 0.6) is 0 Å². The Morgan fingerprint density at radius 2 is 1.07 bits per heavy atom. The van der Waals surface area contributed by atoms with Gasteiger partial charge in [-0.25, -0.2) is 28.8 Å². The van der Waals surface area contributed by atoms with E-state index < -0.39 is 53.3 Å². The molecule has 0 aliphatic rings. The lowest BCUT2D eigenvalue weighted by Crippen LogP contribution is -2.50. The number of carbonyl (C=O) groups is 3. The van der Waals surface area contributed by atoms with Crippen LogP contribution in [0.4, 0.5) is 0 Å². The largest absolute Gasteiger partial charge is 0.479 e. The Balaban J connectivity index is 6.58. The van der Waals surface area contributed by atoms with Gasteiger partial charge in [-0.1, -0.05) is 0 Å². The molecule has 0 radical (unpaired) electrons. The molecule has 0 saturated heterocycles. The zero-order valence-corrected chi connectivity index (χ0v) is 14.6. The van der Waals surface area contributed by atoms with Crippen molar-refractivity contribution in [2.45, 2.75) is 50.2 Å². The molecule has 27 heavy (non-hydrogen) atoms. The van der Waals surface area contributed by atoms with E-state index in [2.05, 4.69) is 15.0 Å². The number of rotatable bonds is 11. The Kier molecular flexibility index (Phi) is 7.65. The Morgan fingerprint density at radius 1 is 0.741 bits per heavy atom. The fraction of sp³-hybridized carbons (Fsp3) is 0.600. The number of nitrogens with zero attached hydrogens (tertiary/aromatic N) is 3. The Labute approximate surface area is 152 Å². The predicted molar refractivity (Wildman–Crippen MR) is 85.2 cm³/mol. The number of carbonyl (C=O) groups excluding carboxylic acids is 3. The summed E-state index contributed by atoms with van der Waals surface area (Å²) < 4.78 is 0. The van der Waals surface area contributed by atoms with Crippen LogP contribution in [-0.2, 0) is 28.8 Å². The second-order valence-corrected chi connectivity index (χ2v) is 6.33. The summed E-state index contributed by atoms with van der Waals surface area (Å²) in [6, 6.07) is 0. The van der Waals surface area contributed by atoms with Crippen molar-refractivity contribution in [3.63, 3.8) is 0 Å². The van der Waals surface area contributed by atoms with Crippen molar-refractivity contribution in [3.8, 4) is 0 Å².